The lowest BCUT2D eigenvalue weighted by Gasteiger charge is -2.34. The number of hydrogen-bond donors (Lipinski definition) is 1. The van der Waals surface area contributed by atoms with Crippen LogP contribution in [-0.4, -0.2) is 42.6 Å². The Bertz CT molecular complexity index is 927. The van der Waals surface area contributed by atoms with Crippen molar-refractivity contribution >= 4 is 17.2 Å². The number of nitriles is 1. The Morgan fingerprint density at radius 2 is 1.97 bits per heavy atom. The van der Waals surface area contributed by atoms with Crippen LogP contribution in [0.4, 0.5) is 4.39 Å². The van der Waals surface area contributed by atoms with E-state index in [4.69, 9.17) is 10.00 Å². The van der Waals surface area contributed by atoms with Gasteiger partial charge in [-0.05, 0) is 87.1 Å². The van der Waals surface area contributed by atoms with Crippen LogP contribution < -0.4 is 10.1 Å². The van der Waals surface area contributed by atoms with E-state index in [0.717, 1.165) is 56.1 Å². The number of likely N-dealkylation sites (tertiary alicyclic amines) is 1. The van der Waals surface area contributed by atoms with Gasteiger partial charge in [-0.15, -0.1) is 11.3 Å². The van der Waals surface area contributed by atoms with Crippen molar-refractivity contribution in [1.82, 2.24) is 10.2 Å². The number of amides is 1. The van der Waals surface area contributed by atoms with Crippen LogP contribution in [0.2, 0.25) is 0 Å². The Labute approximate surface area is 193 Å². The van der Waals surface area contributed by atoms with Crippen molar-refractivity contribution in [1.29, 1.82) is 5.26 Å². The summed E-state index contributed by atoms with van der Waals surface area (Å²) in [6.07, 6.45) is 7.47. The molecule has 1 aliphatic carbocycles. The monoisotopic (exact) mass is 455 g/mol. The molecule has 1 saturated heterocycles. The number of piperidine rings is 1. The zero-order chi connectivity index (χ0) is 22.3. The van der Waals surface area contributed by atoms with Crippen LogP contribution in [0.1, 0.15) is 60.2 Å². The van der Waals surface area contributed by atoms with E-state index in [0.29, 0.717) is 11.6 Å². The van der Waals surface area contributed by atoms with E-state index in [1.54, 1.807) is 12.1 Å². The molecule has 1 amide bonds. The van der Waals surface area contributed by atoms with Crippen molar-refractivity contribution in [3.8, 4) is 11.8 Å². The Kier molecular flexibility index (Phi) is 7.77. The molecule has 0 atom stereocenters. The average molecular weight is 456 g/mol. The number of carbonyl (C=O) groups is 1. The molecule has 170 valence electrons. The molecule has 5 nitrogen and oxygen atoms in total. The Balaban J connectivity index is 1.12. The van der Waals surface area contributed by atoms with Gasteiger partial charge in [-0.2, -0.15) is 5.26 Å². The maximum Gasteiger partial charge on any atom is 0.261 e. The molecule has 2 aromatic rings. The van der Waals surface area contributed by atoms with E-state index in [2.05, 4.69) is 10.2 Å². The first kappa shape index (κ1) is 22.8. The fourth-order valence-electron chi connectivity index (χ4n) is 4.72. The topological polar surface area (TPSA) is 65.4 Å². The largest absolute Gasteiger partial charge is 0.487 e. The van der Waals surface area contributed by atoms with Crippen LogP contribution in [0, 0.1) is 23.1 Å². The summed E-state index contributed by atoms with van der Waals surface area (Å²) in [4.78, 5) is 15.5. The van der Waals surface area contributed by atoms with Gasteiger partial charge < -0.3 is 15.0 Å². The number of hydrogen-bond acceptors (Lipinski definition) is 5. The van der Waals surface area contributed by atoms with Gasteiger partial charge in [0.1, 0.15) is 6.10 Å². The average Bonchev–Trinajstić information content (AvgIpc) is 3.36. The van der Waals surface area contributed by atoms with Crippen LogP contribution in [0.15, 0.2) is 35.7 Å². The summed E-state index contributed by atoms with van der Waals surface area (Å²) in [6, 6.07) is 10.4. The highest BCUT2D eigenvalue weighted by atomic mass is 32.1. The first-order valence-electron chi connectivity index (χ1n) is 11.5. The standard InChI is InChI=1S/C25H30FN3O2S/c26-22-16-19(17-27)5-8-23(22)31-21-10-13-29(14-11-21)12-9-18-3-6-20(7-4-18)28-25(30)24-2-1-15-32-24/h1-2,5,8,15-16,18,20-21H,3-4,6-7,9-14H2,(H,28,30). The second-order valence-corrected chi connectivity index (χ2v) is 9.82. The number of thiophene rings is 1. The minimum atomic E-state index is -0.464. The van der Waals surface area contributed by atoms with Gasteiger partial charge in [-0.25, -0.2) is 4.39 Å². The minimum Gasteiger partial charge on any atom is -0.487 e. The quantitative estimate of drug-likeness (QED) is 0.639. The number of ether oxygens (including phenoxy) is 1. The summed E-state index contributed by atoms with van der Waals surface area (Å²) in [5.41, 5.74) is 0.309. The van der Waals surface area contributed by atoms with Crippen LogP contribution >= 0.6 is 11.3 Å². The number of benzene rings is 1. The summed E-state index contributed by atoms with van der Waals surface area (Å²) in [6.45, 7) is 3.03. The number of carbonyl (C=O) groups excluding carboxylic acids is 1. The molecule has 2 fully saturated rings. The number of nitrogens with one attached hydrogen (secondary N) is 1. The lowest BCUT2D eigenvalue weighted by Crippen LogP contribution is -2.40. The van der Waals surface area contributed by atoms with Gasteiger partial charge >= 0.3 is 0 Å². The van der Waals surface area contributed by atoms with Crippen molar-refractivity contribution in [3.05, 3.63) is 52.0 Å². The van der Waals surface area contributed by atoms with Gasteiger partial charge in [0.2, 0.25) is 0 Å². The number of rotatable bonds is 7. The summed E-state index contributed by atoms with van der Waals surface area (Å²) in [7, 11) is 0. The molecule has 0 spiro atoms. The van der Waals surface area contributed by atoms with Crippen molar-refractivity contribution in [2.75, 3.05) is 19.6 Å². The normalized spacial score (nSPS) is 22.2. The van der Waals surface area contributed by atoms with E-state index in [-0.39, 0.29) is 17.8 Å². The Morgan fingerprint density at radius 1 is 1.19 bits per heavy atom. The maximum atomic E-state index is 14.1. The first-order chi connectivity index (χ1) is 15.6. The zero-order valence-electron chi connectivity index (χ0n) is 18.3. The SMILES string of the molecule is N#Cc1ccc(OC2CCN(CCC3CCC(NC(=O)c4cccs4)CC3)CC2)c(F)c1. The van der Waals surface area contributed by atoms with Crippen LogP contribution in [0.3, 0.4) is 0 Å². The molecule has 1 aromatic carbocycles. The Hall–Kier alpha value is -2.43. The molecular weight excluding hydrogens is 425 g/mol. The van der Waals surface area contributed by atoms with Gasteiger partial charge in [0.15, 0.2) is 11.6 Å². The molecule has 7 heteroatoms. The zero-order valence-corrected chi connectivity index (χ0v) is 19.1. The highest BCUT2D eigenvalue weighted by Crippen LogP contribution is 2.28. The summed E-state index contributed by atoms with van der Waals surface area (Å²) in [5.74, 6) is 0.570. The van der Waals surface area contributed by atoms with Gasteiger partial charge in [0.05, 0.1) is 16.5 Å². The van der Waals surface area contributed by atoms with Crippen molar-refractivity contribution in [2.45, 2.75) is 57.1 Å². The van der Waals surface area contributed by atoms with E-state index in [1.807, 2.05) is 23.6 Å². The molecule has 2 aliphatic rings. The third-order valence-electron chi connectivity index (χ3n) is 6.67. The fraction of sp³-hybridized carbons (Fsp3) is 0.520. The molecule has 0 bridgehead atoms. The molecule has 1 aromatic heterocycles. The van der Waals surface area contributed by atoms with Crippen molar-refractivity contribution < 1.29 is 13.9 Å². The minimum absolute atomic E-state index is 0.0241. The lowest BCUT2D eigenvalue weighted by molar-refractivity contribution is 0.0888. The Morgan fingerprint density at radius 3 is 2.62 bits per heavy atom. The maximum absolute atomic E-state index is 14.1. The lowest BCUT2D eigenvalue weighted by atomic mass is 9.84. The molecule has 0 radical (unpaired) electrons. The van der Waals surface area contributed by atoms with Crippen LogP contribution in [0.5, 0.6) is 5.75 Å². The van der Waals surface area contributed by atoms with E-state index in [1.165, 1.54) is 36.7 Å². The van der Waals surface area contributed by atoms with Crippen LogP contribution in [-0.2, 0) is 0 Å². The highest BCUT2D eigenvalue weighted by Gasteiger charge is 2.25. The fourth-order valence-corrected chi connectivity index (χ4v) is 5.35. The van der Waals surface area contributed by atoms with Gasteiger partial charge in [0.25, 0.3) is 5.91 Å². The second-order valence-electron chi connectivity index (χ2n) is 8.87. The highest BCUT2D eigenvalue weighted by molar-refractivity contribution is 7.12. The number of nitrogens with zero attached hydrogens (tertiary/aromatic N) is 2. The van der Waals surface area contributed by atoms with Gasteiger partial charge in [0, 0.05) is 19.1 Å². The van der Waals surface area contributed by atoms with Crippen molar-refractivity contribution in [2.24, 2.45) is 5.92 Å². The second kappa shape index (κ2) is 10.9. The van der Waals surface area contributed by atoms with Gasteiger partial charge in [-0.3, -0.25) is 4.79 Å². The molecule has 1 aliphatic heterocycles. The molecule has 1 saturated carbocycles. The first-order valence-corrected chi connectivity index (χ1v) is 12.4. The number of halogens is 1. The molecule has 0 unspecified atom stereocenters. The van der Waals surface area contributed by atoms with E-state index < -0.39 is 5.82 Å². The van der Waals surface area contributed by atoms with Crippen molar-refractivity contribution in [3.63, 3.8) is 0 Å². The third kappa shape index (κ3) is 6.08. The molecule has 4 rings (SSSR count). The van der Waals surface area contributed by atoms with E-state index in [9.17, 15) is 9.18 Å². The summed E-state index contributed by atoms with van der Waals surface area (Å²) in [5, 5.41) is 14.0. The molecule has 32 heavy (non-hydrogen) atoms. The molecular formula is C25H30FN3O2S. The predicted molar refractivity (Wildman–Crippen MR) is 123 cm³/mol. The summed E-state index contributed by atoms with van der Waals surface area (Å²) < 4.78 is 19.9. The smallest absolute Gasteiger partial charge is 0.261 e. The third-order valence-corrected chi connectivity index (χ3v) is 7.54. The molecule has 2 heterocycles. The van der Waals surface area contributed by atoms with Crippen LogP contribution in [0.25, 0.3) is 0 Å². The summed E-state index contributed by atoms with van der Waals surface area (Å²) >= 11 is 1.49. The molecule has 1 N–H and O–H groups in total. The van der Waals surface area contributed by atoms with E-state index >= 15 is 0 Å². The van der Waals surface area contributed by atoms with Gasteiger partial charge in [-0.1, -0.05) is 6.07 Å². The predicted octanol–water partition coefficient (Wildman–Crippen LogP) is 4.98.